The van der Waals surface area contributed by atoms with Crippen LogP contribution < -0.4 is 4.74 Å². The van der Waals surface area contributed by atoms with E-state index in [1.807, 2.05) is 0 Å². The van der Waals surface area contributed by atoms with Crippen LogP contribution in [0.3, 0.4) is 0 Å². The SMILES string of the molecule is O=[N+]([O-])c1ccc(Br)c(OCc2ccc(F)cc2Cl)c1. The Morgan fingerprint density at radius 1 is 1.30 bits per heavy atom. The van der Waals surface area contributed by atoms with Gasteiger partial charge in [-0.25, -0.2) is 4.39 Å². The Labute approximate surface area is 127 Å². The number of non-ortho nitro benzene ring substituents is 1. The predicted molar refractivity (Wildman–Crippen MR) is 76.5 cm³/mol. The molecular formula is C13H8BrClFNO3. The molecule has 0 aromatic heterocycles. The zero-order chi connectivity index (χ0) is 14.7. The number of nitro benzene ring substituents is 1. The van der Waals surface area contributed by atoms with Gasteiger partial charge < -0.3 is 4.74 Å². The fourth-order valence-corrected chi connectivity index (χ4v) is 2.09. The lowest BCUT2D eigenvalue weighted by Crippen LogP contribution is -1.98. The van der Waals surface area contributed by atoms with Crippen LogP contribution >= 0.6 is 27.5 Å². The molecule has 0 aliphatic rings. The van der Waals surface area contributed by atoms with E-state index in [0.717, 1.165) is 0 Å². The average molecular weight is 361 g/mol. The summed E-state index contributed by atoms with van der Waals surface area (Å²) in [6, 6.07) is 8.15. The van der Waals surface area contributed by atoms with Gasteiger partial charge >= 0.3 is 0 Å². The van der Waals surface area contributed by atoms with Crippen molar-refractivity contribution in [3.8, 4) is 5.75 Å². The van der Waals surface area contributed by atoms with Crippen molar-refractivity contribution >= 4 is 33.2 Å². The molecule has 2 rings (SSSR count). The summed E-state index contributed by atoms with van der Waals surface area (Å²) in [7, 11) is 0. The third kappa shape index (κ3) is 3.46. The van der Waals surface area contributed by atoms with Crippen LogP contribution in [0, 0.1) is 15.9 Å². The number of nitrogens with zero attached hydrogens (tertiary/aromatic N) is 1. The summed E-state index contributed by atoms with van der Waals surface area (Å²) in [5, 5.41) is 10.9. The largest absolute Gasteiger partial charge is 0.487 e. The van der Waals surface area contributed by atoms with Crippen LogP contribution in [-0.4, -0.2) is 4.92 Å². The molecule has 104 valence electrons. The van der Waals surface area contributed by atoms with Gasteiger partial charge in [-0.15, -0.1) is 0 Å². The average Bonchev–Trinajstić information content (AvgIpc) is 2.39. The first-order valence-corrected chi connectivity index (χ1v) is 6.65. The summed E-state index contributed by atoms with van der Waals surface area (Å²) in [4.78, 5) is 10.2. The summed E-state index contributed by atoms with van der Waals surface area (Å²) >= 11 is 9.12. The molecule has 0 radical (unpaired) electrons. The second kappa shape index (κ2) is 6.19. The number of rotatable bonds is 4. The van der Waals surface area contributed by atoms with Crippen LogP contribution in [0.4, 0.5) is 10.1 Å². The zero-order valence-electron chi connectivity index (χ0n) is 9.98. The molecule has 2 aromatic carbocycles. The van der Waals surface area contributed by atoms with E-state index in [1.54, 1.807) is 0 Å². The van der Waals surface area contributed by atoms with E-state index in [4.69, 9.17) is 16.3 Å². The molecule has 0 unspecified atom stereocenters. The van der Waals surface area contributed by atoms with Crippen LogP contribution in [0.5, 0.6) is 5.75 Å². The van der Waals surface area contributed by atoms with Crippen LogP contribution in [0.1, 0.15) is 5.56 Å². The Kier molecular flexibility index (Phi) is 4.57. The lowest BCUT2D eigenvalue weighted by molar-refractivity contribution is -0.385. The quantitative estimate of drug-likeness (QED) is 0.585. The number of benzene rings is 2. The van der Waals surface area contributed by atoms with E-state index in [1.165, 1.54) is 36.4 Å². The Hall–Kier alpha value is -1.66. The highest BCUT2D eigenvalue weighted by atomic mass is 79.9. The molecular weight excluding hydrogens is 353 g/mol. The van der Waals surface area contributed by atoms with Crippen LogP contribution in [-0.2, 0) is 6.61 Å². The topological polar surface area (TPSA) is 52.4 Å². The van der Waals surface area contributed by atoms with Crippen molar-refractivity contribution in [2.24, 2.45) is 0 Å². The van der Waals surface area contributed by atoms with E-state index < -0.39 is 10.7 Å². The molecule has 0 aliphatic carbocycles. The summed E-state index contributed by atoms with van der Waals surface area (Å²) in [6.45, 7) is 0.0822. The number of ether oxygens (including phenoxy) is 1. The summed E-state index contributed by atoms with van der Waals surface area (Å²) in [5.41, 5.74) is 0.514. The molecule has 2 aromatic rings. The summed E-state index contributed by atoms with van der Waals surface area (Å²) in [5.74, 6) is -0.116. The van der Waals surface area contributed by atoms with Crippen molar-refractivity contribution in [3.63, 3.8) is 0 Å². The van der Waals surface area contributed by atoms with Crippen molar-refractivity contribution in [2.45, 2.75) is 6.61 Å². The molecule has 0 N–H and O–H groups in total. The Morgan fingerprint density at radius 2 is 2.05 bits per heavy atom. The molecule has 0 amide bonds. The lowest BCUT2D eigenvalue weighted by atomic mass is 10.2. The summed E-state index contributed by atoms with van der Waals surface area (Å²) < 4.78 is 19.0. The normalized spacial score (nSPS) is 10.3. The van der Waals surface area contributed by atoms with Gasteiger partial charge in [0.2, 0.25) is 0 Å². The van der Waals surface area contributed by atoms with E-state index in [2.05, 4.69) is 15.9 Å². The standard InChI is InChI=1S/C13H8BrClFNO3/c14-11-4-3-10(17(18)19)6-13(11)20-7-8-1-2-9(16)5-12(8)15/h1-6H,7H2. The van der Waals surface area contributed by atoms with Gasteiger partial charge in [0.25, 0.3) is 5.69 Å². The van der Waals surface area contributed by atoms with Crippen LogP contribution in [0.15, 0.2) is 40.9 Å². The second-order valence-electron chi connectivity index (χ2n) is 3.90. The molecule has 0 bridgehead atoms. The molecule has 0 atom stereocenters. The van der Waals surface area contributed by atoms with Gasteiger partial charge in [0.15, 0.2) is 0 Å². The van der Waals surface area contributed by atoms with Gasteiger partial charge in [-0.1, -0.05) is 17.7 Å². The van der Waals surface area contributed by atoms with E-state index in [0.29, 0.717) is 15.8 Å². The predicted octanol–water partition coefficient (Wildman–Crippen LogP) is 4.73. The van der Waals surface area contributed by atoms with Crippen molar-refractivity contribution in [2.75, 3.05) is 0 Å². The van der Waals surface area contributed by atoms with Crippen molar-refractivity contribution in [3.05, 3.63) is 67.4 Å². The Balaban J connectivity index is 2.18. The highest BCUT2D eigenvalue weighted by Crippen LogP contribution is 2.30. The molecule has 0 spiro atoms. The van der Waals surface area contributed by atoms with Gasteiger partial charge in [-0.05, 0) is 34.1 Å². The van der Waals surface area contributed by atoms with Gasteiger partial charge in [0, 0.05) is 11.6 Å². The number of halogens is 3. The lowest BCUT2D eigenvalue weighted by Gasteiger charge is -2.09. The van der Waals surface area contributed by atoms with E-state index in [9.17, 15) is 14.5 Å². The fourth-order valence-electron chi connectivity index (χ4n) is 1.51. The fraction of sp³-hybridized carbons (Fsp3) is 0.0769. The molecule has 0 saturated heterocycles. The minimum atomic E-state index is -0.510. The monoisotopic (exact) mass is 359 g/mol. The van der Waals surface area contributed by atoms with Gasteiger partial charge in [0.1, 0.15) is 18.2 Å². The molecule has 4 nitrogen and oxygen atoms in total. The van der Waals surface area contributed by atoms with Gasteiger partial charge in [0.05, 0.1) is 20.5 Å². The number of hydrogen-bond donors (Lipinski definition) is 0. The maximum Gasteiger partial charge on any atom is 0.273 e. The Morgan fingerprint density at radius 3 is 2.70 bits per heavy atom. The number of nitro groups is 1. The molecule has 0 heterocycles. The van der Waals surface area contributed by atoms with E-state index in [-0.39, 0.29) is 17.3 Å². The highest BCUT2D eigenvalue weighted by molar-refractivity contribution is 9.10. The zero-order valence-corrected chi connectivity index (χ0v) is 12.3. The third-order valence-corrected chi connectivity index (χ3v) is 3.53. The van der Waals surface area contributed by atoms with Gasteiger partial charge in [-0.2, -0.15) is 0 Å². The van der Waals surface area contributed by atoms with Crippen molar-refractivity contribution in [1.82, 2.24) is 0 Å². The number of hydrogen-bond acceptors (Lipinski definition) is 3. The van der Waals surface area contributed by atoms with Crippen molar-refractivity contribution < 1.29 is 14.1 Å². The summed E-state index contributed by atoms with van der Waals surface area (Å²) in [6.07, 6.45) is 0. The smallest absolute Gasteiger partial charge is 0.273 e. The molecule has 20 heavy (non-hydrogen) atoms. The minimum absolute atomic E-state index is 0.0756. The molecule has 0 saturated carbocycles. The maximum atomic E-state index is 12.9. The Bertz CT molecular complexity index is 666. The van der Waals surface area contributed by atoms with E-state index >= 15 is 0 Å². The third-order valence-electron chi connectivity index (χ3n) is 2.52. The highest BCUT2D eigenvalue weighted by Gasteiger charge is 2.11. The second-order valence-corrected chi connectivity index (χ2v) is 5.16. The maximum absolute atomic E-state index is 12.9. The molecule has 7 heteroatoms. The first-order valence-electron chi connectivity index (χ1n) is 5.48. The first kappa shape index (κ1) is 14.7. The molecule has 0 fully saturated rings. The molecule has 0 aliphatic heterocycles. The van der Waals surface area contributed by atoms with Crippen LogP contribution in [0.2, 0.25) is 5.02 Å². The van der Waals surface area contributed by atoms with Gasteiger partial charge in [-0.3, -0.25) is 10.1 Å². The van der Waals surface area contributed by atoms with Crippen LogP contribution in [0.25, 0.3) is 0 Å². The first-order chi connectivity index (χ1) is 9.47. The minimum Gasteiger partial charge on any atom is -0.487 e. The van der Waals surface area contributed by atoms with Crippen molar-refractivity contribution in [1.29, 1.82) is 0 Å².